The zero-order valence-corrected chi connectivity index (χ0v) is 9.54. The van der Waals surface area contributed by atoms with Crippen molar-refractivity contribution in [1.82, 2.24) is 4.90 Å². The molecule has 15 heavy (non-hydrogen) atoms. The van der Waals surface area contributed by atoms with E-state index in [9.17, 15) is 5.11 Å². The summed E-state index contributed by atoms with van der Waals surface area (Å²) >= 11 is 0. The highest BCUT2D eigenvalue weighted by Gasteiger charge is 2.52. The van der Waals surface area contributed by atoms with E-state index in [0.29, 0.717) is 6.54 Å². The largest absolute Gasteiger partial charge is 0.388 e. The Morgan fingerprint density at radius 1 is 1.33 bits per heavy atom. The fraction of sp³-hybridized carbons (Fsp3) is 1.00. The van der Waals surface area contributed by atoms with Gasteiger partial charge in [0.05, 0.1) is 5.60 Å². The Morgan fingerprint density at radius 3 is 2.47 bits per heavy atom. The molecule has 1 atom stereocenters. The molecule has 2 saturated heterocycles. The molecule has 0 aromatic rings. The Morgan fingerprint density at radius 2 is 2.00 bits per heavy atom. The first-order valence-electron chi connectivity index (χ1n) is 5.81. The average molecular weight is 214 g/mol. The van der Waals surface area contributed by atoms with E-state index in [1.54, 1.807) is 0 Å². The van der Waals surface area contributed by atoms with Crippen LogP contribution in [0, 0.1) is 5.41 Å². The Labute approximate surface area is 91.4 Å². The predicted molar refractivity (Wildman–Crippen MR) is 58.6 cm³/mol. The summed E-state index contributed by atoms with van der Waals surface area (Å²) < 4.78 is 5.38. The van der Waals surface area contributed by atoms with Crippen molar-refractivity contribution in [2.75, 3.05) is 39.9 Å². The number of aliphatic hydroxyl groups is 1. The number of rotatable bonds is 2. The number of hydrogen-bond donors (Lipinski definition) is 2. The molecule has 0 aromatic carbocycles. The van der Waals surface area contributed by atoms with Gasteiger partial charge in [-0.2, -0.15) is 0 Å². The van der Waals surface area contributed by atoms with Gasteiger partial charge in [-0.05, 0) is 26.3 Å². The van der Waals surface area contributed by atoms with Crippen LogP contribution in [0.4, 0.5) is 0 Å². The molecule has 1 unspecified atom stereocenters. The second-order valence-corrected chi connectivity index (χ2v) is 5.12. The van der Waals surface area contributed by atoms with Crippen LogP contribution >= 0.6 is 0 Å². The molecular weight excluding hydrogens is 192 g/mol. The van der Waals surface area contributed by atoms with Gasteiger partial charge >= 0.3 is 0 Å². The molecule has 0 saturated carbocycles. The third-order valence-electron chi connectivity index (χ3n) is 4.27. The minimum Gasteiger partial charge on any atom is -0.388 e. The lowest BCUT2D eigenvalue weighted by molar-refractivity contribution is -0.120. The molecule has 88 valence electrons. The normalized spacial score (nSPS) is 37.0. The van der Waals surface area contributed by atoms with Crippen molar-refractivity contribution in [1.29, 1.82) is 0 Å². The van der Waals surface area contributed by atoms with Crippen molar-refractivity contribution in [2.24, 2.45) is 11.1 Å². The third-order valence-corrected chi connectivity index (χ3v) is 4.27. The van der Waals surface area contributed by atoms with Crippen LogP contribution in [0.3, 0.4) is 0 Å². The minimum atomic E-state index is -0.597. The Hall–Kier alpha value is -0.160. The average Bonchev–Trinajstić information content (AvgIpc) is 2.61. The van der Waals surface area contributed by atoms with Crippen molar-refractivity contribution in [3.05, 3.63) is 0 Å². The van der Waals surface area contributed by atoms with Crippen LogP contribution in [0.15, 0.2) is 0 Å². The van der Waals surface area contributed by atoms with Gasteiger partial charge in [0.15, 0.2) is 0 Å². The summed E-state index contributed by atoms with van der Waals surface area (Å²) in [5.41, 5.74) is 5.20. The highest BCUT2D eigenvalue weighted by molar-refractivity contribution is 5.05. The van der Waals surface area contributed by atoms with Crippen LogP contribution in [-0.4, -0.2) is 55.5 Å². The number of likely N-dealkylation sites (tertiary alicyclic amines) is 1. The maximum Gasteiger partial charge on any atom is 0.0855 e. The summed E-state index contributed by atoms with van der Waals surface area (Å²) in [7, 11) is 2.06. The number of nitrogens with zero attached hydrogens (tertiary/aromatic N) is 1. The molecule has 4 heteroatoms. The maximum atomic E-state index is 10.8. The molecular formula is C11H22N2O2. The number of nitrogens with two attached hydrogens (primary N) is 1. The summed E-state index contributed by atoms with van der Waals surface area (Å²) in [6.07, 6.45) is 2.64. The van der Waals surface area contributed by atoms with Gasteiger partial charge in [-0.3, -0.25) is 0 Å². The molecule has 2 fully saturated rings. The van der Waals surface area contributed by atoms with E-state index in [4.69, 9.17) is 10.5 Å². The molecule has 0 spiro atoms. The third kappa shape index (κ3) is 1.80. The monoisotopic (exact) mass is 214 g/mol. The van der Waals surface area contributed by atoms with Crippen LogP contribution in [-0.2, 0) is 4.74 Å². The quantitative estimate of drug-likeness (QED) is 0.669. The number of ether oxygens (including phenoxy) is 1. The highest BCUT2D eigenvalue weighted by atomic mass is 16.5. The molecule has 0 bridgehead atoms. The van der Waals surface area contributed by atoms with Gasteiger partial charge in [0.2, 0.25) is 0 Å². The Bertz CT molecular complexity index is 229. The molecule has 2 aliphatic rings. The highest BCUT2D eigenvalue weighted by Crippen LogP contribution is 2.44. The predicted octanol–water partition coefficient (Wildman–Crippen LogP) is -0.191. The lowest BCUT2D eigenvalue weighted by atomic mass is 9.66. The van der Waals surface area contributed by atoms with Gasteiger partial charge in [0, 0.05) is 38.3 Å². The summed E-state index contributed by atoms with van der Waals surface area (Å²) in [6.45, 7) is 3.77. The molecule has 2 heterocycles. The maximum absolute atomic E-state index is 10.8. The molecule has 2 aliphatic heterocycles. The molecule has 0 aliphatic carbocycles. The first-order chi connectivity index (χ1) is 7.12. The Balaban J connectivity index is 2.17. The standard InChI is InChI=1S/C11H22N2O2/c1-13-5-2-11(14,9-13)10(8-12)3-6-15-7-4-10/h14H,2-9,12H2,1H3. The van der Waals surface area contributed by atoms with Crippen LogP contribution in [0.2, 0.25) is 0 Å². The fourth-order valence-corrected chi connectivity index (χ4v) is 3.03. The number of β-amino-alcohol motifs (C(OH)–C–C–N with tert-alkyl or cyclic N) is 1. The van der Waals surface area contributed by atoms with Crippen LogP contribution in [0.1, 0.15) is 19.3 Å². The van der Waals surface area contributed by atoms with E-state index in [1.165, 1.54) is 0 Å². The second-order valence-electron chi connectivity index (χ2n) is 5.12. The number of likely N-dealkylation sites (N-methyl/N-ethyl adjacent to an activating group) is 1. The zero-order chi connectivity index (χ0) is 10.9. The molecule has 0 amide bonds. The van der Waals surface area contributed by atoms with E-state index >= 15 is 0 Å². The first kappa shape index (κ1) is 11.3. The second kappa shape index (κ2) is 4.01. The lowest BCUT2D eigenvalue weighted by Gasteiger charge is -2.47. The topological polar surface area (TPSA) is 58.7 Å². The van der Waals surface area contributed by atoms with Gasteiger partial charge in [0.25, 0.3) is 0 Å². The van der Waals surface area contributed by atoms with Crippen LogP contribution < -0.4 is 5.73 Å². The van der Waals surface area contributed by atoms with E-state index in [-0.39, 0.29) is 5.41 Å². The van der Waals surface area contributed by atoms with Gasteiger partial charge < -0.3 is 20.5 Å². The van der Waals surface area contributed by atoms with E-state index in [1.807, 2.05) is 0 Å². The van der Waals surface area contributed by atoms with E-state index < -0.39 is 5.60 Å². The van der Waals surface area contributed by atoms with Gasteiger partial charge in [-0.15, -0.1) is 0 Å². The van der Waals surface area contributed by atoms with E-state index in [0.717, 1.165) is 45.6 Å². The van der Waals surface area contributed by atoms with Gasteiger partial charge in [-0.1, -0.05) is 0 Å². The molecule has 2 rings (SSSR count). The summed E-state index contributed by atoms with van der Waals surface area (Å²) in [6, 6.07) is 0. The van der Waals surface area contributed by atoms with E-state index in [2.05, 4.69) is 11.9 Å². The summed E-state index contributed by atoms with van der Waals surface area (Å²) in [5.74, 6) is 0. The van der Waals surface area contributed by atoms with Gasteiger partial charge in [0.1, 0.15) is 0 Å². The van der Waals surface area contributed by atoms with Crippen molar-refractivity contribution in [3.63, 3.8) is 0 Å². The zero-order valence-electron chi connectivity index (χ0n) is 9.54. The van der Waals surface area contributed by atoms with Crippen molar-refractivity contribution in [3.8, 4) is 0 Å². The van der Waals surface area contributed by atoms with Crippen molar-refractivity contribution >= 4 is 0 Å². The van der Waals surface area contributed by atoms with Gasteiger partial charge in [-0.25, -0.2) is 0 Å². The lowest BCUT2D eigenvalue weighted by Crippen LogP contribution is -2.56. The summed E-state index contributed by atoms with van der Waals surface area (Å²) in [5, 5.41) is 10.8. The first-order valence-corrected chi connectivity index (χ1v) is 5.81. The molecule has 0 radical (unpaired) electrons. The molecule has 3 N–H and O–H groups in total. The van der Waals surface area contributed by atoms with Crippen LogP contribution in [0.5, 0.6) is 0 Å². The van der Waals surface area contributed by atoms with Crippen molar-refractivity contribution < 1.29 is 9.84 Å². The fourth-order valence-electron chi connectivity index (χ4n) is 3.03. The molecule has 4 nitrogen and oxygen atoms in total. The van der Waals surface area contributed by atoms with Crippen LogP contribution in [0.25, 0.3) is 0 Å². The Kier molecular flexibility index (Phi) is 3.03. The summed E-state index contributed by atoms with van der Waals surface area (Å²) in [4.78, 5) is 2.19. The minimum absolute atomic E-state index is 0.115. The number of hydrogen-bond acceptors (Lipinski definition) is 4. The SMILES string of the molecule is CN1CCC(O)(C2(CN)CCOCC2)C1. The molecule has 0 aromatic heterocycles. The van der Waals surface area contributed by atoms with Crippen molar-refractivity contribution in [2.45, 2.75) is 24.9 Å². The smallest absolute Gasteiger partial charge is 0.0855 e.